The van der Waals surface area contributed by atoms with Crippen molar-refractivity contribution >= 4 is 17.8 Å². The number of ether oxygens (including phenoxy) is 1. The van der Waals surface area contributed by atoms with E-state index in [9.17, 15) is 9.59 Å². The minimum atomic E-state index is -0.697. The SMILES string of the molecule is CCOC(=O)N(CCN)C(=O)Nc1ccc(C(C)(C)C)cc1. The Morgan fingerprint density at radius 3 is 2.27 bits per heavy atom. The molecule has 122 valence electrons. The van der Waals surface area contributed by atoms with Crippen molar-refractivity contribution in [1.29, 1.82) is 0 Å². The molecule has 0 spiro atoms. The number of hydrogen-bond acceptors (Lipinski definition) is 4. The molecule has 0 aliphatic rings. The van der Waals surface area contributed by atoms with Gasteiger partial charge in [-0.2, -0.15) is 0 Å². The molecule has 3 N–H and O–H groups in total. The number of urea groups is 1. The first-order valence-corrected chi connectivity index (χ1v) is 7.35. The van der Waals surface area contributed by atoms with Crippen molar-refractivity contribution in [2.45, 2.75) is 33.1 Å². The summed E-state index contributed by atoms with van der Waals surface area (Å²) in [7, 11) is 0. The number of benzene rings is 1. The molecule has 1 aromatic rings. The number of carbonyl (C=O) groups is 2. The molecule has 6 nitrogen and oxygen atoms in total. The molecule has 0 atom stereocenters. The summed E-state index contributed by atoms with van der Waals surface area (Å²) >= 11 is 0. The van der Waals surface area contributed by atoms with Crippen LogP contribution in [0.2, 0.25) is 0 Å². The average Bonchev–Trinajstić information content (AvgIpc) is 2.44. The second-order valence-electron chi connectivity index (χ2n) is 5.90. The van der Waals surface area contributed by atoms with Crippen LogP contribution in [0.4, 0.5) is 15.3 Å². The maximum atomic E-state index is 12.2. The molecule has 0 unspecified atom stereocenters. The summed E-state index contributed by atoms with van der Waals surface area (Å²) in [6.45, 7) is 8.51. The predicted molar refractivity (Wildman–Crippen MR) is 86.9 cm³/mol. The molecule has 0 aromatic heterocycles. The Hall–Kier alpha value is -2.08. The van der Waals surface area contributed by atoms with Gasteiger partial charge in [-0.1, -0.05) is 32.9 Å². The number of nitrogens with one attached hydrogen (secondary N) is 1. The summed E-state index contributed by atoms with van der Waals surface area (Å²) < 4.78 is 4.85. The summed E-state index contributed by atoms with van der Waals surface area (Å²) in [5.74, 6) is 0. The summed E-state index contributed by atoms with van der Waals surface area (Å²) in [5.41, 5.74) is 7.25. The summed E-state index contributed by atoms with van der Waals surface area (Å²) in [5, 5.41) is 2.68. The van der Waals surface area contributed by atoms with Gasteiger partial charge in [0.15, 0.2) is 0 Å². The van der Waals surface area contributed by atoms with Crippen molar-refractivity contribution in [3.8, 4) is 0 Å². The van der Waals surface area contributed by atoms with Crippen LogP contribution in [-0.2, 0) is 10.2 Å². The third kappa shape index (κ3) is 5.04. The van der Waals surface area contributed by atoms with Gasteiger partial charge in [0, 0.05) is 18.8 Å². The molecular formula is C16H25N3O3. The van der Waals surface area contributed by atoms with Gasteiger partial charge in [-0.3, -0.25) is 0 Å². The first-order valence-electron chi connectivity index (χ1n) is 7.35. The molecule has 22 heavy (non-hydrogen) atoms. The zero-order valence-corrected chi connectivity index (χ0v) is 13.7. The first-order chi connectivity index (χ1) is 10.3. The molecule has 6 heteroatoms. The van der Waals surface area contributed by atoms with Crippen molar-refractivity contribution < 1.29 is 14.3 Å². The maximum Gasteiger partial charge on any atom is 0.418 e. The Morgan fingerprint density at radius 2 is 1.82 bits per heavy atom. The Kier molecular flexibility index (Phi) is 6.37. The fourth-order valence-corrected chi connectivity index (χ4v) is 1.85. The number of amides is 3. The lowest BCUT2D eigenvalue weighted by atomic mass is 9.87. The highest BCUT2D eigenvalue weighted by Gasteiger charge is 2.22. The van der Waals surface area contributed by atoms with E-state index < -0.39 is 12.1 Å². The van der Waals surface area contributed by atoms with Crippen LogP contribution in [0, 0.1) is 0 Å². The quantitative estimate of drug-likeness (QED) is 0.895. The van der Waals surface area contributed by atoms with E-state index in [4.69, 9.17) is 10.5 Å². The molecule has 1 rings (SSSR count). The Morgan fingerprint density at radius 1 is 1.23 bits per heavy atom. The minimum Gasteiger partial charge on any atom is -0.449 e. The predicted octanol–water partition coefficient (Wildman–Crippen LogP) is 2.93. The molecule has 0 fully saturated rings. The van der Waals surface area contributed by atoms with Crippen molar-refractivity contribution in [2.75, 3.05) is 25.0 Å². The lowest BCUT2D eigenvalue weighted by Gasteiger charge is -2.21. The normalized spacial score (nSPS) is 11.0. The molecular weight excluding hydrogens is 282 g/mol. The van der Waals surface area contributed by atoms with Gasteiger partial charge in [0.05, 0.1) is 6.61 Å². The molecule has 0 aliphatic carbocycles. The second kappa shape index (κ2) is 7.79. The molecule has 0 heterocycles. The average molecular weight is 307 g/mol. The van der Waals surface area contributed by atoms with Gasteiger partial charge in [-0.25, -0.2) is 14.5 Å². The number of carbonyl (C=O) groups excluding carboxylic acids is 2. The van der Waals surface area contributed by atoms with Gasteiger partial charge in [0.2, 0.25) is 0 Å². The first kappa shape index (κ1) is 18.0. The standard InChI is InChI=1S/C16H25N3O3/c1-5-22-15(21)19(11-10-17)14(20)18-13-8-6-12(7-9-13)16(2,3)4/h6-9H,5,10-11,17H2,1-4H3,(H,18,20). The molecule has 0 saturated carbocycles. The Bertz CT molecular complexity index is 506. The number of rotatable bonds is 4. The van der Waals surface area contributed by atoms with Crippen LogP contribution in [0.3, 0.4) is 0 Å². The van der Waals surface area contributed by atoms with Crippen molar-refractivity contribution in [1.82, 2.24) is 4.90 Å². The number of imide groups is 1. The fraction of sp³-hybridized carbons (Fsp3) is 0.500. The number of anilines is 1. The van der Waals surface area contributed by atoms with E-state index >= 15 is 0 Å². The minimum absolute atomic E-state index is 0.0407. The highest BCUT2D eigenvalue weighted by Crippen LogP contribution is 2.23. The lowest BCUT2D eigenvalue weighted by Crippen LogP contribution is -2.43. The summed E-state index contributed by atoms with van der Waals surface area (Å²) in [4.78, 5) is 24.9. The Balaban J connectivity index is 2.79. The van der Waals surface area contributed by atoms with E-state index in [1.54, 1.807) is 6.92 Å². The van der Waals surface area contributed by atoms with Crippen LogP contribution in [0.15, 0.2) is 24.3 Å². The van der Waals surface area contributed by atoms with Crippen LogP contribution >= 0.6 is 0 Å². The highest BCUT2D eigenvalue weighted by molar-refractivity contribution is 5.99. The van der Waals surface area contributed by atoms with Crippen molar-refractivity contribution in [2.24, 2.45) is 5.73 Å². The van der Waals surface area contributed by atoms with Gasteiger partial charge in [-0.05, 0) is 30.0 Å². The molecule has 0 radical (unpaired) electrons. The van der Waals surface area contributed by atoms with Gasteiger partial charge < -0.3 is 15.8 Å². The monoisotopic (exact) mass is 307 g/mol. The number of nitrogens with zero attached hydrogens (tertiary/aromatic N) is 1. The molecule has 0 saturated heterocycles. The van der Waals surface area contributed by atoms with E-state index in [0.717, 1.165) is 10.5 Å². The molecule has 0 aliphatic heterocycles. The van der Waals surface area contributed by atoms with Crippen LogP contribution in [0.1, 0.15) is 33.3 Å². The van der Waals surface area contributed by atoms with Gasteiger partial charge in [0.25, 0.3) is 0 Å². The zero-order valence-electron chi connectivity index (χ0n) is 13.7. The van der Waals surface area contributed by atoms with E-state index in [0.29, 0.717) is 5.69 Å². The largest absolute Gasteiger partial charge is 0.449 e. The fourth-order valence-electron chi connectivity index (χ4n) is 1.85. The second-order valence-corrected chi connectivity index (χ2v) is 5.90. The third-order valence-corrected chi connectivity index (χ3v) is 3.09. The maximum absolute atomic E-state index is 12.2. The van der Waals surface area contributed by atoms with Crippen LogP contribution in [0.5, 0.6) is 0 Å². The molecule has 0 bridgehead atoms. The molecule has 1 aromatic carbocycles. The van der Waals surface area contributed by atoms with Crippen LogP contribution in [0.25, 0.3) is 0 Å². The van der Waals surface area contributed by atoms with Gasteiger partial charge in [0.1, 0.15) is 0 Å². The lowest BCUT2D eigenvalue weighted by molar-refractivity contribution is 0.118. The molecule has 3 amide bonds. The van der Waals surface area contributed by atoms with Gasteiger partial charge >= 0.3 is 12.1 Å². The summed E-state index contributed by atoms with van der Waals surface area (Å²) in [6, 6.07) is 6.97. The summed E-state index contributed by atoms with van der Waals surface area (Å²) in [6.07, 6.45) is -0.697. The van der Waals surface area contributed by atoms with Crippen molar-refractivity contribution in [3.63, 3.8) is 0 Å². The van der Waals surface area contributed by atoms with E-state index in [1.807, 2.05) is 24.3 Å². The number of hydrogen-bond donors (Lipinski definition) is 2. The zero-order chi connectivity index (χ0) is 16.8. The Labute approximate surface area is 131 Å². The third-order valence-electron chi connectivity index (χ3n) is 3.09. The van der Waals surface area contributed by atoms with E-state index in [-0.39, 0.29) is 25.1 Å². The van der Waals surface area contributed by atoms with Gasteiger partial charge in [-0.15, -0.1) is 0 Å². The smallest absolute Gasteiger partial charge is 0.418 e. The highest BCUT2D eigenvalue weighted by atomic mass is 16.6. The van der Waals surface area contributed by atoms with E-state index in [2.05, 4.69) is 26.1 Å². The number of nitrogens with two attached hydrogens (primary N) is 1. The van der Waals surface area contributed by atoms with Crippen LogP contribution < -0.4 is 11.1 Å². The van der Waals surface area contributed by atoms with E-state index in [1.165, 1.54) is 0 Å². The van der Waals surface area contributed by atoms with Crippen molar-refractivity contribution in [3.05, 3.63) is 29.8 Å². The topological polar surface area (TPSA) is 84.7 Å². The van der Waals surface area contributed by atoms with Crippen LogP contribution in [-0.4, -0.2) is 36.7 Å².